The molecule has 0 radical (unpaired) electrons. The van der Waals surface area contributed by atoms with Crippen LogP contribution in [0.25, 0.3) is 0 Å². The van der Waals surface area contributed by atoms with Crippen molar-refractivity contribution in [2.75, 3.05) is 18.4 Å². The standard InChI is InChI=1S/C21H20N2O5/c24-19(10-18-20(25)22-16-8-4-5-9-17(16)28-18)23-11-14(15(12-23)21(26)27)13-6-2-1-3-7-13/h1-9,14-15,18H,10-12H2,(H,22,25)(H,26,27)/t14-,15-,18?/m1/s1. The second-order valence-electron chi connectivity index (χ2n) is 7.06. The Morgan fingerprint density at radius 1 is 1.07 bits per heavy atom. The van der Waals surface area contributed by atoms with Crippen molar-refractivity contribution in [3.63, 3.8) is 0 Å². The molecule has 2 aliphatic heterocycles. The van der Waals surface area contributed by atoms with Crippen molar-refractivity contribution in [2.45, 2.75) is 18.4 Å². The smallest absolute Gasteiger partial charge is 0.308 e. The molecule has 2 aliphatic rings. The Bertz CT molecular complexity index is 914. The molecule has 2 aromatic rings. The fourth-order valence-corrected chi connectivity index (χ4v) is 3.81. The number of hydrogen-bond donors (Lipinski definition) is 2. The molecule has 7 nitrogen and oxygen atoms in total. The van der Waals surface area contributed by atoms with E-state index in [9.17, 15) is 19.5 Å². The van der Waals surface area contributed by atoms with Gasteiger partial charge in [0, 0.05) is 19.0 Å². The zero-order valence-corrected chi connectivity index (χ0v) is 15.1. The van der Waals surface area contributed by atoms with Gasteiger partial charge in [0.15, 0.2) is 6.10 Å². The number of hydrogen-bond acceptors (Lipinski definition) is 4. The van der Waals surface area contributed by atoms with Crippen LogP contribution in [0.2, 0.25) is 0 Å². The predicted molar refractivity (Wildman–Crippen MR) is 101 cm³/mol. The third kappa shape index (κ3) is 3.43. The maximum Gasteiger partial charge on any atom is 0.308 e. The minimum atomic E-state index is -0.929. The fourth-order valence-electron chi connectivity index (χ4n) is 3.81. The van der Waals surface area contributed by atoms with Crippen LogP contribution in [0.5, 0.6) is 5.75 Å². The van der Waals surface area contributed by atoms with Gasteiger partial charge in [-0.3, -0.25) is 14.4 Å². The van der Waals surface area contributed by atoms with Gasteiger partial charge in [0.2, 0.25) is 5.91 Å². The van der Waals surface area contributed by atoms with Gasteiger partial charge in [0.05, 0.1) is 18.0 Å². The van der Waals surface area contributed by atoms with Crippen LogP contribution in [-0.2, 0) is 14.4 Å². The number of rotatable bonds is 4. The molecule has 0 saturated carbocycles. The normalized spacial score (nSPS) is 23.5. The summed E-state index contributed by atoms with van der Waals surface area (Å²) < 4.78 is 5.68. The zero-order chi connectivity index (χ0) is 19.7. The molecule has 144 valence electrons. The monoisotopic (exact) mass is 380 g/mol. The zero-order valence-electron chi connectivity index (χ0n) is 15.1. The molecule has 28 heavy (non-hydrogen) atoms. The van der Waals surface area contributed by atoms with Crippen molar-refractivity contribution in [3.05, 3.63) is 60.2 Å². The first-order valence-electron chi connectivity index (χ1n) is 9.15. The number of aliphatic carboxylic acids is 1. The Labute approximate surface area is 161 Å². The van der Waals surface area contributed by atoms with Gasteiger partial charge in [-0.2, -0.15) is 0 Å². The summed E-state index contributed by atoms with van der Waals surface area (Å²) >= 11 is 0. The molecule has 2 aromatic carbocycles. The number of fused-ring (bicyclic) bond motifs is 1. The van der Waals surface area contributed by atoms with E-state index in [-0.39, 0.29) is 30.7 Å². The summed E-state index contributed by atoms with van der Waals surface area (Å²) in [4.78, 5) is 38.3. The van der Waals surface area contributed by atoms with E-state index in [1.54, 1.807) is 24.3 Å². The highest BCUT2D eigenvalue weighted by atomic mass is 16.5. The number of likely N-dealkylation sites (tertiary alicyclic amines) is 1. The van der Waals surface area contributed by atoms with Crippen LogP contribution in [0, 0.1) is 5.92 Å². The van der Waals surface area contributed by atoms with Crippen LogP contribution in [0.3, 0.4) is 0 Å². The van der Waals surface area contributed by atoms with E-state index in [4.69, 9.17) is 4.74 Å². The first-order chi connectivity index (χ1) is 13.5. The summed E-state index contributed by atoms with van der Waals surface area (Å²) in [6, 6.07) is 16.4. The number of carbonyl (C=O) groups is 3. The highest BCUT2D eigenvalue weighted by molar-refractivity contribution is 6.00. The molecule has 2 heterocycles. The SMILES string of the molecule is O=C1Nc2ccccc2OC1CC(=O)N1C[C@H](c2ccccc2)[C@H](C(=O)O)C1. The molecule has 1 fully saturated rings. The van der Waals surface area contributed by atoms with Crippen molar-refractivity contribution in [3.8, 4) is 5.75 Å². The highest BCUT2D eigenvalue weighted by Gasteiger charge is 2.41. The Morgan fingerprint density at radius 2 is 1.79 bits per heavy atom. The van der Waals surface area contributed by atoms with Gasteiger partial charge in [0.1, 0.15) is 5.75 Å². The van der Waals surface area contributed by atoms with Crippen LogP contribution in [0.1, 0.15) is 17.9 Å². The molecule has 2 amide bonds. The number of nitrogens with zero attached hydrogens (tertiary/aromatic N) is 1. The van der Waals surface area contributed by atoms with E-state index in [0.29, 0.717) is 18.0 Å². The largest absolute Gasteiger partial charge is 0.481 e. The van der Waals surface area contributed by atoms with Gasteiger partial charge in [-0.05, 0) is 17.7 Å². The van der Waals surface area contributed by atoms with Gasteiger partial charge < -0.3 is 20.1 Å². The number of ether oxygens (including phenoxy) is 1. The molecule has 1 unspecified atom stereocenters. The molecular formula is C21H20N2O5. The highest BCUT2D eigenvalue weighted by Crippen LogP contribution is 2.34. The summed E-state index contributed by atoms with van der Waals surface area (Å²) in [6.07, 6.45) is -1.06. The molecule has 3 atom stereocenters. The lowest BCUT2D eigenvalue weighted by molar-refractivity contribution is -0.142. The lowest BCUT2D eigenvalue weighted by atomic mass is 9.89. The van der Waals surface area contributed by atoms with E-state index in [0.717, 1.165) is 5.56 Å². The summed E-state index contributed by atoms with van der Waals surface area (Å²) in [5.74, 6) is -2.01. The van der Waals surface area contributed by atoms with Crippen LogP contribution in [0.15, 0.2) is 54.6 Å². The number of benzene rings is 2. The molecule has 0 aliphatic carbocycles. The number of carbonyl (C=O) groups excluding carboxylic acids is 2. The first kappa shape index (κ1) is 18.0. The third-order valence-corrected chi connectivity index (χ3v) is 5.28. The molecule has 4 rings (SSSR count). The second-order valence-corrected chi connectivity index (χ2v) is 7.06. The van der Waals surface area contributed by atoms with E-state index in [1.165, 1.54) is 4.90 Å². The van der Waals surface area contributed by atoms with Crippen molar-refractivity contribution in [1.82, 2.24) is 4.90 Å². The average molecular weight is 380 g/mol. The Kier molecular flexibility index (Phi) is 4.73. The Balaban J connectivity index is 1.47. The van der Waals surface area contributed by atoms with E-state index < -0.39 is 18.0 Å². The Hall–Kier alpha value is -3.35. The summed E-state index contributed by atoms with van der Waals surface area (Å²) in [5, 5.41) is 12.3. The molecular weight excluding hydrogens is 360 g/mol. The van der Waals surface area contributed by atoms with Gasteiger partial charge in [-0.25, -0.2) is 0 Å². The Morgan fingerprint density at radius 3 is 2.54 bits per heavy atom. The number of carboxylic acid groups (broad SMARTS) is 1. The quantitative estimate of drug-likeness (QED) is 0.847. The van der Waals surface area contributed by atoms with Crippen molar-refractivity contribution >= 4 is 23.5 Å². The molecule has 0 aromatic heterocycles. The molecule has 2 N–H and O–H groups in total. The van der Waals surface area contributed by atoms with E-state index in [2.05, 4.69) is 5.32 Å². The fraction of sp³-hybridized carbons (Fsp3) is 0.286. The van der Waals surface area contributed by atoms with E-state index >= 15 is 0 Å². The predicted octanol–water partition coefficient (Wildman–Crippen LogP) is 2.10. The summed E-state index contributed by atoms with van der Waals surface area (Å²) in [5.41, 5.74) is 1.47. The summed E-state index contributed by atoms with van der Waals surface area (Å²) in [6.45, 7) is 0.434. The minimum absolute atomic E-state index is 0.124. The molecule has 7 heteroatoms. The molecule has 1 saturated heterocycles. The number of anilines is 1. The van der Waals surface area contributed by atoms with Gasteiger partial charge in [-0.15, -0.1) is 0 Å². The van der Waals surface area contributed by atoms with Crippen molar-refractivity contribution in [1.29, 1.82) is 0 Å². The van der Waals surface area contributed by atoms with Gasteiger partial charge in [0.25, 0.3) is 5.91 Å². The van der Waals surface area contributed by atoms with Crippen LogP contribution >= 0.6 is 0 Å². The van der Waals surface area contributed by atoms with Gasteiger partial charge >= 0.3 is 5.97 Å². The third-order valence-electron chi connectivity index (χ3n) is 5.28. The average Bonchev–Trinajstić information content (AvgIpc) is 3.15. The van der Waals surface area contributed by atoms with E-state index in [1.807, 2.05) is 30.3 Å². The number of para-hydroxylation sites is 2. The maximum atomic E-state index is 12.8. The van der Waals surface area contributed by atoms with Crippen LogP contribution in [-0.4, -0.2) is 47.0 Å². The first-order valence-corrected chi connectivity index (χ1v) is 9.15. The number of amides is 2. The maximum absolute atomic E-state index is 12.8. The second kappa shape index (κ2) is 7.34. The van der Waals surface area contributed by atoms with Crippen LogP contribution in [0.4, 0.5) is 5.69 Å². The molecule has 0 spiro atoms. The van der Waals surface area contributed by atoms with Crippen LogP contribution < -0.4 is 10.1 Å². The molecule has 0 bridgehead atoms. The number of nitrogens with one attached hydrogen (secondary N) is 1. The lowest BCUT2D eigenvalue weighted by Crippen LogP contribution is -2.42. The minimum Gasteiger partial charge on any atom is -0.481 e. The van der Waals surface area contributed by atoms with Crippen molar-refractivity contribution in [2.24, 2.45) is 5.92 Å². The lowest BCUT2D eigenvalue weighted by Gasteiger charge is -2.27. The topological polar surface area (TPSA) is 95.9 Å². The number of carboxylic acids is 1. The van der Waals surface area contributed by atoms with Crippen molar-refractivity contribution < 1.29 is 24.2 Å². The van der Waals surface area contributed by atoms with Gasteiger partial charge in [-0.1, -0.05) is 42.5 Å². The summed E-state index contributed by atoms with van der Waals surface area (Å²) in [7, 11) is 0.